The van der Waals surface area contributed by atoms with Crippen LogP contribution >= 0.6 is 12.2 Å². The fourth-order valence-corrected chi connectivity index (χ4v) is 2.19. The van der Waals surface area contributed by atoms with Crippen LogP contribution in [-0.2, 0) is 4.79 Å². The Morgan fingerprint density at radius 3 is 2.82 bits per heavy atom. The van der Waals surface area contributed by atoms with Gasteiger partial charge in [-0.15, -0.1) is 0 Å². The van der Waals surface area contributed by atoms with E-state index in [1.807, 2.05) is 12.1 Å². The number of nitrogens with one attached hydrogen (secondary N) is 2. The van der Waals surface area contributed by atoms with Crippen molar-refractivity contribution in [2.45, 2.75) is 19.3 Å². The van der Waals surface area contributed by atoms with Crippen molar-refractivity contribution >= 4 is 29.3 Å². The molecule has 1 saturated heterocycles. The van der Waals surface area contributed by atoms with E-state index in [-0.39, 0.29) is 5.91 Å². The number of hydrogen-bond donors (Lipinski definition) is 2. The zero-order chi connectivity index (χ0) is 12.0. The summed E-state index contributed by atoms with van der Waals surface area (Å²) in [5.41, 5.74) is 0.430. The maximum atomic E-state index is 11.4. The number of carbonyl (C=O) groups is 1. The van der Waals surface area contributed by atoms with Gasteiger partial charge in [-0.1, -0.05) is 6.92 Å². The molecule has 2 heterocycles. The van der Waals surface area contributed by atoms with E-state index in [0.29, 0.717) is 28.4 Å². The second kappa shape index (κ2) is 3.70. The highest BCUT2D eigenvalue weighted by Crippen LogP contribution is 2.47. The van der Waals surface area contributed by atoms with Crippen molar-refractivity contribution in [3.63, 3.8) is 0 Å². The molecule has 1 saturated carbocycles. The van der Waals surface area contributed by atoms with Crippen molar-refractivity contribution in [1.82, 2.24) is 10.6 Å². The van der Waals surface area contributed by atoms with Crippen LogP contribution in [0.1, 0.15) is 30.8 Å². The minimum Gasteiger partial charge on any atom is -0.461 e. The number of rotatable bonds is 2. The molecule has 2 N–H and O–H groups in total. The molecule has 2 fully saturated rings. The van der Waals surface area contributed by atoms with Crippen LogP contribution in [0.2, 0.25) is 0 Å². The van der Waals surface area contributed by atoms with Gasteiger partial charge in [-0.2, -0.15) is 0 Å². The molecule has 17 heavy (non-hydrogen) atoms. The van der Waals surface area contributed by atoms with Crippen molar-refractivity contribution in [1.29, 1.82) is 0 Å². The third-order valence-corrected chi connectivity index (χ3v) is 3.33. The van der Waals surface area contributed by atoms with Crippen LogP contribution in [-0.4, -0.2) is 11.0 Å². The zero-order valence-corrected chi connectivity index (χ0v) is 10.1. The molecule has 3 rings (SSSR count). The van der Waals surface area contributed by atoms with E-state index in [0.717, 1.165) is 5.76 Å². The van der Waals surface area contributed by atoms with E-state index in [4.69, 9.17) is 16.6 Å². The molecule has 1 aromatic heterocycles. The van der Waals surface area contributed by atoms with Crippen molar-refractivity contribution in [3.05, 3.63) is 29.4 Å². The van der Waals surface area contributed by atoms with Gasteiger partial charge in [0.25, 0.3) is 5.91 Å². The summed E-state index contributed by atoms with van der Waals surface area (Å²) in [6.45, 7) is 2.20. The van der Waals surface area contributed by atoms with Gasteiger partial charge in [0, 0.05) is 12.0 Å². The monoisotopic (exact) mass is 248 g/mol. The topological polar surface area (TPSA) is 54.3 Å². The predicted octanol–water partition coefficient (Wildman–Crippen LogP) is 1.75. The Hall–Kier alpha value is -1.62. The highest BCUT2D eigenvalue weighted by Gasteiger charge is 2.36. The first-order valence-electron chi connectivity index (χ1n) is 5.57. The van der Waals surface area contributed by atoms with Crippen LogP contribution in [0.5, 0.6) is 0 Å². The number of carbonyl (C=O) groups excluding carboxylic acids is 1. The maximum Gasteiger partial charge on any atom is 0.274 e. The quantitative estimate of drug-likeness (QED) is 0.618. The van der Waals surface area contributed by atoms with Gasteiger partial charge in [0.1, 0.15) is 17.2 Å². The summed E-state index contributed by atoms with van der Waals surface area (Å²) >= 11 is 4.85. The summed E-state index contributed by atoms with van der Waals surface area (Å²) in [5, 5.41) is 5.63. The minimum absolute atomic E-state index is 0.215. The summed E-state index contributed by atoms with van der Waals surface area (Å²) in [4.78, 5) is 11.4. The summed E-state index contributed by atoms with van der Waals surface area (Å²) in [6, 6.07) is 3.86. The summed E-state index contributed by atoms with van der Waals surface area (Å²) in [6.07, 6.45) is 2.86. The molecule has 0 bridgehead atoms. The van der Waals surface area contributed by atoms with E-state index in [2.05, 4.69) is 17.6 Å². The molecule has 1 aliphatic carbocycles. The Bertz CT molecular complexity index is 532. The fraction of sp³-hybridized carbons (Fsp3) is 0.333. The average molecular weight is 248 g/mol. The van der Waals surface area contributed by atoms with Gasteiger partial charge in [-0.25, -0.2) is 0 Å². The van der Waals surface area contributed by atoms with E-state index < -0.39 is 0 Å². The first-order valence-corrected chi connectivity index (χ1v) is 5.98. The van der Waals surface area contributed by atoms with Gasteiger partial charge in [0.2, 0.25) is 0 Å². The molecular weight excluding hydrogens is 236 g/mol. The van der Waals surface area contributed by atoms with Gasteiger partial charge >= 0.3 is 0 Å². The SMILES string of the molecule is C[C@H]1C[C@@H]1c1ccc(/C=C2\NC(=S)NC2=O)o1. The van der Waals surface area contributed by atoms with Crippen LogP contribution in [0.4, 0.5) is 0 Å². The first kappa shape index (κ1) is 10.5. The predicted molar refractivity (Wildman–Crippen MR) is 67.1 cm³/mol. The average Bonchev–Trinajstić information content (AvgIpc) is 2.71. The largest absolute Gasteiger partial charge is 0.461 e. The summed E-state index contributed by atoms with van der Waals surface area (Å²) < 4.78 is 5.68. The van der Waals surface area contributed by atoms with Crippen LogP contribution in [0, 0.1) is 5.92 Å². The molecular formula is C12H12N2O2S. The Balaban J connectivity index is 1.81. The molecule has 0 spiro atoms. The van der Waals surface area contributed by atoms with Gasteiger partial charge in [0.15, 0.2) is 5.11 Å². The van der Waals surface area contributed by atoms with Crippen LogP contribution in [0.15, 0.2) is 22.2 Å². The molecule has 0 unspecified atom stereocenters. The highest BCUT2D eigenvalue weighted by molar-refractivity contribution is 7.80. The van der Waals surface area contributed by atoms with E-state index in [9.17, 15) is 4.79 Å². The van der Waals surface area contributed by atoms with Gasteiger partial charge in [0.05, 0.1) is 0 Å². The third-order valence-electron chi connectivity index (χ3n) is 3.13. The van der Waals surface area contributed by atoms with Crippen LogP contribution in [0.3, 0.4) is 0 Å². The molecule has 1 aliphatic heterocycles. The highest BCUT2D eigenvalue weighted by atomic mass is 32.1. The number of amides is 1. The van der Waals surface area contributed by atoms with E-state index in [1.54, 1.807) is 6.08 Å². The molecule has 4 nitrogen and oxygen atoms in total. The van der Waals surface area contributed by atoms with Gasteiger partial charge in [-0.05, 0) is 36.7 Å². The van der Waals surface area contributed by atoms with Crippen molar-refractivity contribution < 1.29 is 9.21 Å². The van der Waals surface area contributed by atoms with Crippen molar-refractivity contribution in [2.24, 2.45) is 5.92 Å². The van der Waals surface area contributed by atoms with Gasteiger partial charge in [-0.3, -0.25) is 10.1 Å². The lowest BCUT2D eigenvalue weighted by atomic mass is 10.3. The third kappa shape index (κ3) is 1.98. The second-order valence-corrected chi connectivity index (χ2v) is 4.93. The lowest BCUT2D eigenvalue weighted by Crippen LogP contribution is -2.21. The zero-order valence-electron chi connectivity index (χ0n) is 9.32. The Kier molecular flexibility index (Phi) is 2.29. The normalized spacial score (nSPS) is 29.4. The van der Waals surface area contributed by atoms with Crippen LogP contribution < -0.4 is 10.6 Å². The van der Waals surface area contributed by atoms with Gasteiger partial charge < -0.3 is 9.73 Å². The first-order chi connectivity index (χ1) is 8.13. The molecule has 1 aromatic rings. The molecule has 0 radical (unpaired) electrons. The Labute approximate surface area is 104 Å². The molecule has 0 aromatic carbocycles. The molecule has 2 atom stereocenters. The molecule has 2 aliphatic rings. The Morgan fingerprint density at radius 2 is 2.24 bits per heavy atom. The summed E-state index contributed by atoms with van der Waals surface area (Å²) in [5.74, 6) is 2.73. The lowest BCUT2D eigenvalue weighted by molar-refractivity contribution is -0.115. The molecule has 5 heteroatoms. The van der Waals surface area contributed by atoms with Crippen molar-refractivity contribution in [3.8, 4) is 0 Å². The molecule has 1 amide bonds. The minimum atomic E-state index is -0.215. The standard InChI is InChI=1S/C12H12N2O2S/c1-6-4-8(6)10-3-2-7(16-10)5-9-11(15)14-12(17)13-9/h2-3,5-6,8H,4H2,1H3,(H2,13,14,15,17)/b9-5-/t6-,8-/m0/s1. The van der Waals surface area contributed by atoms with Crippen LogP contribution in [0.25, 0.3) is 6.08 Å². The lowest BCUT2D eigenvalue weighted by Gasteiger charge is -1.93. The van der Waals surface area contributed by atoms with Crippen molar-refractivity contribution in [2.75, 3.05) is 0 Å². The van der Waals surface area contributed by atoms with E-state index >= 15 is 0 Å². The maximum absolute atomic E-state index is 11.4. The number of thiocarbonyl (C=S) groups is 1. The number of hydrogen-bond acceptors (Lipinski definition) is 3. The van der Waals surface area contributed by atoms with E-state index in [1.165, 1.54) is 6.42 Å². The fourth-order valence-electron chi connectivity index (χ4n) is 1.99. The smallest absolute Gasteiger partial charge is 0.274 e. The number of furan rings is 1. The molecule has 88 valence electrons. The Morgan fingerprint density at radius 1 is 1.47 bits per heavy atom. The second-order valence-electron chi connectivity index (χ2n) is 4.53. The summed E-state index contributed by atoms with van der Waals surface area (Å²) in [7, 11) is 0.